The van der Waals surface area contributed by atoms with Crippen LogP contribution in [0.15, 0.2) is 59.2 Å². The largest absolute Gasteiger partial charge is 0.478 e. The Balaban J connectivity index is 1.83. The third kappa shape index (κ3) is 3.48. The van der Waals surface area contributed by atoms with Crippen LogP contribution < -0.4 is 5.32 Å². The van der Waals surface area contributed by atoms with Gasteiger partial charge < -0.3 is 15.2 Å². The van der Waals surface area contributed by atoms with Crippen molar-refractivity contribution >= 4 is 17.4 Å². The van der Waals surface area contributed by atoms with E-state index in [1.165, 1.54) is 0 Å². The van der Waals surface area contributed by atoms with Gasteiger partial charge in [0.15, 0.2) is 5.72 Å². The van der Waals surface area contributed by atoms with Gasteiger partial charge in [-0.15, -0.1) is 0 Å². The zero-order valence-electron chi connectivity index (χ0n) is 15.0. The predicted molar refractivity (Wildman–Crippen MR) is 99.2 cm³/mol. The Hall–Kier alpha value is -2.66. The van der Waals surface area contributed by atoms with Gasteiger partial charge in [-0.3, -0.25) is 4.79 Å². The Morgan fingerprint density at radius 1 is 1.15 bits per heavy atom. The number of ether oxygens (including phenoxy) is 1. The standard InChI is InChI=1S/C21H23NO4/c1-14-13-21(26-2,12-11-16(14)15-7-4-3-5-8-15)22-19(23)17-9-6-10-18(17)20(24)25/h3-5,7-8,11-12H,6,9-10,13H2,1-2H3,(H,22,23)(H,24,25). The molecule has 0 saturated carbocycles. The van der Waals surface area contributed by atoms with Crippen LogP contribution in [-0.4, -0.2) is 29.8 Å². The summed E-state index contributed by atoms with van der Waals surface area (Å²) in [7, 11) is 1.55. The number of carboxylic acid groups (broad SMARTS) is 1. The number of carbonyl (C=O) groups is 2. The summed E-state index contributed by atoms with van der Waals surface area (Å²) in [5, 5.41) is 12.2. The number of benzene rings is 1. The molecule has 0 fully saturated rings. The first-order chi connectivity index (χ1) is 12.5. The van der Waals surface area contributed by atoms with Crippen molar-refractivity contribution in [1.82, 2.24) is 5.32 Å². The Morgan fingerprint density at radius 2 is 1.85 bits per heavy atom. The highest BCUT2D eigenvalue weighted by Crippen LogP contribution is 2.34. The molecule has 0 spiro atoms. The number of methoxy groups -OCH3 is 1. The van der Waals surface area contributed by atoms with Crippen molar-refractivity contribution in [2.45, 2.75) is 38.3 Å². The third-order valence-corrected chi connectivity index (χ3v) is 5.03. The van der Waals surface area contributed by atoms with Crippen LogP contribution in [0.1, 0.15) is 38.2 Å². The maximum atomic E-state index is 12.7. The van der Waals surface area contributed by atoms with Gasteiger partial charge in [0.1, 0.15) is 0 Å². The van der Waals surface area contributed by atoms with Crippen molar-refractivity contribution in [3.63, 3.8) is 0 Å². The number of aliphatic carboxylic acids is 1. The van der Waals surface area contributed by atoms with Crippen LogP contribution >= 0.6 is 0 Å². The highest BCUT2D eigenvalue weighted by atomic mass is 16.5. The summed E-state index contributed by atoms with van der Waals surface area (Å²) < 4.78 is 5.64. The van der Waals surface area contributed by atoms with Gasteiger partial charge in [0, 0.05) is 24.7 Å². The van der Waals surface area contributed by atoms with Gasteiger partial charge in [0.25, 0.3) is 0 Å². The van der Waals surface area contributed by atoms with E-state index in [4.69, 9.17) is 4.74 Å². The number of nitrogens with one attached hydrogen (secondary N) is 1. The second kappa shape index (κ2) is 7.30. The number of carboxylic acids is 1. The van der Waals surface area contributed by atoms with Crippen molar-refractivity contribution in [3.8, 4) is 0 Å². The first-order valence-electron chi connectivity index (χ1n) is 8.73. The van der Waals surface area contributed by atoms with E-state index in [-0.39, 0.29) is 11.5 Å². The van der Waals surface area contributed by atoms with Crippen LogP contribution in [-0.2, 0) is 14.3 Å². The fourth-order valence-corrected chi connectivity index (χ4v) is 3.64. The maximum absolute atomic E-state index is 12.7. The lowest BCUT2D eigenvalue weighted by Crippen LogP contribution is -2.50. The van der Waals surface area contributed by atoms with Gasteiger partial charge in [-0.25, -0.2) is 4.79 Å². The number of allylic oxidation sites excluding steroid dienone is 2. The topological polar surface area (TPSA) is 75.6 Å². The predicted octanol–water partition coefficient (Wildman–Crippen LogP) is 3.44. The summed E-state index contributed by atoms with van der Waals surface area (Å²) >= 11 is 0. The summed E-state index contributed by atoms with van der Waals surface area (Å²) in [5.74, 6) is -1.37. The molecule has 1 aromatic rings. The van der Waals surface area contributed by atoms with E-state index in [1.807, 2.05) is 49.4 Å². The van der Waals surface area contributed by atoms with Gasteiger partial charge in [0.2, 0.25) is 5.91 Å². The van der Waals surface area contributed by atoms with Gasteiger partial charge >= 0.3 is 5.97 Å². The average Bonchev–Trinajstić information content (AvgIpc) is 3.13. The fourth-order valence-electron chi connectivity index (χ4n) is 3.64. The van der Waals surface area contributed by atoms with Crippen LogP contribution in [0, 0.1) is 0 Å². The minimum atomic E-state index is -1.01. The molecule has 2 aliphatic carbocycles. The van der Waals surface area contributed by atoms with Gasteiger partial charge in [-0.05, 0) is 43.4 Å². The van der Waals surface area contributed by atoms with E-state index in [1.54, 1.807) is 7.11 Å². The maximum Gasteiger partial charge on any atom is 0.332 e. The van der Waals surface area contributed by atoms with Gasteiger partial charge in [-0.1, -0.05) is 42.0 Å². The van der Waals surface area contributed by atoms with Crippen LogP contribution in [0.5, 0.6) is 0 Å². The molecule has 5 nitrogen and oxygen atoms in total. The number of hydrogen-bond acceptors (Lipinski definition) is 3. The van der Waals surface area contributed by atoms with Crippen molar-refractivity contribution in [3.05, 3.63) is 64.8 Å². The molecule has 0 aromatic heterocycles. The lowest BCUT2D eigenvalue weighted by Gasteiger charge is -2.34. The molecule has 0 bridgehead atoms. The van der Waals surface area contributed by atoms with Crippen LogP contribution in [0.3, 0.4) is 0 Å². The smallest absolute Gasteiger partial charge is 0.332 e. The molecule has 3 rings (SSSR count). The molecule has 1 amide bonds. The quantitative estimate of drug-likeness (QED) is 0.795. The number of carbonyl (C=O) groups excluding carboxylic acids is 1. The Kier molecular flexibility index (Phi) is 5.09. The number of rotatable bonds is 5. The Morgan fingerprint density at radius 3 is 2.46 bits per heavy atom. The fraction of sp³-hybridized carbons (Fsp3) is 0.333. The lowest BCUT2D eigenvalue weighted by atomic mass is 9.88. The second-order valence-corrected chi connectivity index (χ2v) is 6.73. The monoisotopic (exact) mass is 353 g/mol. The van der Waals surface area contributed by atoms with Crippen LogP contribution in [0.2, 0.25) is 0 Å². The van der Waals surface area contributed by atoms with E-state index < -0.39 is 11.7 Å². The second-order valence-electron chi connectivity index (χ2n) is 6.73. The van der Waals surface area contributed by atoms with Crippen LogP contribution in [0.25, 0.3) is 5.57 Å². The third-order valence-electron chi connectivity index (χ3n) is 5.03. The molecule has 1 aromatic carbocycles. The molecular formula is C21H23NO4. The summed E-state index contributed by atoms with van der Waals surface area (Å²) in [6, 6.07) is 10.0. The zero-order valence-corrected chi connectivity index (χ0v) is 15.0. The summed E-state index contributed by atoms with van der Waals surface area (Å²) in [6.45, 7) is 2.02. The minimum Gasteiger partial charge on any atom is -0.478 e. The number of hydrogen-bond donors (Lipinski definition) is 2. The summed E-state index contributed by atoms with van der Waals surface area (Å²) in [4.78, 5) is 24.0. The molecule has 26 heavy (non-hydrogen) atoms. The summed E-state index contributed by atoms with van der Waals surface area (Å²) in [6.07, 6.45) is 5.92. The molecule has 0 aliphatic heterocycles. The van der Waals surface area contributed by atoms with Crippen molar-refractivity contribution in [1.29, 1.82) is 0 Å². The van der Waals surface area contributed by atoms with Gasteiger partial charge in [0.05, 0.1) is 0 Å². The molecule has 0 heterocycles. The highest BCUT2D eigenvalue weighted by Gasteiger charge is 2.35. The molecule has 1 unspecified atom stereocenters. The lowest BCUT2D eigenvalue weighted by molar-refractivity contribution is -0.133. The molecule has 2 N–H and O–H groups in total. The van der Waals surface area contributed by atoms with Crippen molar-refractivity contribution in [2.24, 2.45) is 0 Å². The van der Waals surface area contributed by atoms with E-state index in [0.717, 1.165) is 16.7 Å². The molecule has 136 valence electrons. The highest BCUT2D eigenvalue weighted by molar-refractivity contribution is 6.03. The Labute approximate surface area is 153 Å². The normalized spacial score (nSPS) is 22.7. The average molecular weight is 353 g/mol. The first kappa shape index (κ1) is 18.1. The minimum absolute atomic E-state index is 0.214. The molecule has 1 atom stereocenters. The molecule has 0 saturated heterocycles. The molecular weight excluding hydrogens is 330 g/mol. The first-order valence-corrected chi connectivity index (χ1v) is 8.73. The van der Waals surface area contributed by atoms with Crippen molar-refractivity contribution < 1.29 is 19.4 Å². The van der Waals surface area contributed by atoms with E-state index in [9.17, 15) is 14.7 Å². The Bertz CT molecular complexity index is 820. The molecule has 2 aliphatic rings. The summed E-state index contributed by atoms with van der Waals surface area (Å²) in [5.41, 5.74) is 2.93. The van der Waals surface area contributed by atoms with Crippen LogP contribution in [0.4, 0.5) is 0 Å². The van der Waals surface area contributed by atoms with Crippen molar-refractivity contribution in [2.75, 3.05) is 7.11 Å². The van der Waals surface area contributed by atoms with E-state index >= 15 is 0 Å². The van der Waals surface area contributed by atoms with Gasteiger partial charge in [-0.2, -0.15) is 0 Å². The number of amides is 1. The van der Waals surface area contributed by atoms with E-state index in [2.05, 4.69) is 5.32 Å². The zero-order chi connectivity index (χ0) is 18.7. The van der Waals surface area contributed by atoms with E-state index in [0.29, 0.717) is 31.3 Å². The molecule has 5 heteroatoms. The SMILES string of the molecule is COC1(NC(=O)C2=C(C(=O)O)CCC2)C=CC(c2ccccc2)=C(C)C1. The molecule has 0 radical (unpaired) electrons.